The average molecular weight is 438 g/mol. The third-order valence-corrected chi connectivity index (χ3v) is 5.64. The smallest absolute Gasteiger partial charge is 0.336 e. The van der Waals surface area contributed by atoms with Gasteiger partial charge in [0.15, 0.2) is 5.11 Å². The number of aromatic nitrogens is 1. The maximum absolute atomic E-state index is 11.6. The number of carbonyl (C=O) groups is 1. The van der Waals surface area contributed by atoms with Crippen molar-refractivity contribution in [2.24, 2.45) is 0 Å². The number of hydrogen-bond donors (Lipinski definition) is 2. The molecule has 3 aromatic rings. The molecule has 2 aromatic heterocycles. The molecule has 0 aliphatic carbocycles. The highest BCUT2D eigenvalue weighted by Gasteiger charge is 2.41. The van der Waals surface area contributed by atoms with E-state index in [1.807, 2.05) is 24.3 Å². The summed E-state index contributed by atoms with van der Waals surface area (Å²) in [6.07, 6.45) is 2.56. The van der Waals surface area contributed by atoms with Crippen molar-refractivity contribution in [2.45, 2.75) is 18.5 Å². The van der Waals surface area contributed by atoms with Crippen molar-refractivity contribution in [3.05, 3.63) is 77.8 Å². The summed E-state index contributed by atoms with van der Waals surface area (Å²) in [6.45, 7) is 1.31. The Morgan fingerprint density at radius 2 is 2.03 bits per heavy atom. The Morgan fingerprint density at radius 1 is 1.23 bits per heavy atom. The molecule has 4 rings (SSSR count). The van der Waals surface area contributed by atoms with Crippen LogP contribution in [0.3, 0.4) is 0 Å². The van der Waals surface area contributed by atoms with Gasteiger partial charge in [-0.2, -0.15) is 0 Å². The van der Waals surface area contributed by atoms with Crippen molar-refractivity contribution in [3.8, 4) is 11.3 Å². The van der Waals surface area contributed by atoms with Crippen LogP contribution in [0.2, 0.25) is 0 Å². The van der Waals surface area contributed by atoms with E-state index in [1.54, 1.807) is 43.6 Å². The van der Waals surface area contributed by atoms with Gasteiger partial charge in [-0.15, -0.1) is 0 Å². The van der Waals surface area contributed by atoms with Crippen LogP contribution in [0.1, 0.15) is 40.3 Å². The maximum Gasteiger partial charge on any atom is 0.336 e. The van der Waals surface area contributed by atoms with Crippen molar-refractivity contribution >= 4 is 23.3 Å². The Morgan fingerprint density at radius 3 is 2.77 bits per heavy atom. The van der Waals surface area contributed by atoms with E-state index in [2.05, 4.69) is 15.2 Å². The second-order valence-corrected chi connectivity index (χ2v) is 7.61. The fraction of sp³-hybridized carbons (Fsp3) is 0.261. The lowest BCUT2D eigenvalue weighted by Crippen LogP contribution is -2.31. The van der Waals surface area contributed by atoms with Crippen LogP contribution in [-0.2, 0) is 4.74 Å². The molecule has 0 amide bonds. The van der Waals surface area contributed by atoms with Gasteiger partial charge in [0.05, 0.1) is 17.3 Å². The predicted molar refractivity (Wildman–Crippen MR) is 120 cm³/mol. The number of ether oxygens (including phenoxy) is 1. The van der Waals surface area contributed by atoms with Crippen LogP contribution >= 0.6 is 12.2 Å². The Kier molecular flexibility index (Phi) is 6.29. The number of nitrogens with zero attached hydrogens (tertiary/aromatic N) is 2. The van der Waals surface area contributed by atoms with Crippen LogP contribution in [0.25, 0.3) is 11.3 Å². The first-order valence-electron chi connectivity index (χ1n) is 9.99. The summed E-state index contributed by atoms with van der Waals surface area (Å²) in [5.41, 5.74) is 1.59. The van der Waals surface area contributed by atoms with Crippen LogP contribution in [0.4, 0.5) is 0 Å². The van der Waals surface area contributed by atoms with Gasteiger partial charge in [0, 0.05) is 32.0 Å². The first kappa shape index (κ1) is 21.0. The minimum Gasteiger partial charge on any atom is -0.478 e. The first-order valence-corrected chi connectivity index (χ1v) is 10.4. The fourth-order valence-electron chi connectivity index (χ4n) is 3.88. The zero-order valence-corrected chi connectivity index (χ0v) is 17.8. The second kappa shape index (κ2) is 9.28. The summed E-state index contributed by atoms with van der Waals surface area (Å²) < 4.78 is 11.4. The minimum atomic E-state index is -0.996. The van der Waals surface area contributed by atoms with E-state index in [-0.39, 0.29) is 17.6 Å². The number of methoxy groups -OCH3 is 1. The van der Waals surface area contributed by atoms with Crippen molar-refractivity contribution in [1.29, 1.82) is 0 Å². The topological polar surface area (TPSA) is 87.8 Å². The molecule has 2 atom stereocenters. The molecule has 31 heavy (non-hydrogen) atoms. The zero-order chi connectivity index (χ0) is 21.8. The van der Waals surface area contributed by atoms with Crippen molar-refractivity contribution in [3.63, 3.8) is 0 Å². The monoisotopic (exact) mass is 437 g/mol. The van der Waals surface area contributed by atoms with E-state index in [0.29, 0.717) is 35.3 Å². The van der Waals surface area contributed by atoms with Crippen LogP contribution in [0, 0.1) is 0 Å². The molecular formula is C23H23N3O4S. The van der Waals surface area contributed by atoms with Crippen molar-refractivity contribution < 1.29 is 19.1 Å². The average Bonchev–Trinajstić information content (AvgIpc) is 3.39. The van der Waals surface area contributed by atoms with E-state index in [9.17, 15) is 9.90 Å². The number of aromatic carboxylic acids is 1. The Hall–Kier alpha value is -3.23. The lowest BCUT2D eigenvalue weighted by molar-refractivity contribution is 0.0697. The molecule has 8 heteroatoms. The molecule has 7 nitrogen and oxygen atoms in total. The maximum atomic E-state index is 11.6. The minimum absolute atomic E-state index is 0.190. The van der Waals surface area contributed by atoms with E-state index in [4.69, 9.17) is 21.4 Å². The lowest BCUT2D eigenvalue weighted by atomic mass is 10.0. The quantitative estimate of drug-likeness (QED) is 0.403. The van der Waals surface area contributed by atoms with Gasteiger partial charge in [-0.25, -0.2) is 4.79 Å². The molecule has 2 unspecified atom stereocenters. The third-order valence-electron chi connectivity index (χ3n) is 5.29. The number of benzene rings is 1. The summed E-state index contributed by atoms with van der Waals surface area (Å²) >= 11 is 5.63. The van der Waals surface area contributed by atoms with Gasteiger partial charge in [-0.1, -0.05) is 24.3 Å². The number of carboxylic acids is 1. The lowest BCUT2D eigenvalue weighted by Gasteiger charge is -2.26. The van der Waals surface area contributed by atoms with Crippen LogP contribution < -0.4 is 5.32 Å². The van der Waals surface area contributed by atoms with Crippen LogP contribution in [-0.4, -0.2) is 46.3 Å². The molecular weight excluding hydrogens is 414 g/mol. The molecule has 3 heterocycles. The second-order valence-electron chi connectivity index (χ2n) is 7.22. The highest BCUT2D eigenvalue weighted by Crippen LogP contribution is 2.40. The highest BCUT2D eigenvalue weighted by molar-refractivity contribution is 7.80. The number of pyridine rings is 1. The Labute approximate surface area is 185 Å². The summed E-state index contributed by atoms with van der Waals surface area (Å²) in [4.78, 5) is 18.2. The highest BCUT2D eigenvalue weighted by atomic mass is 32.1. The van der Waals surface area contributed by atoms with Gasteiger partial charge in [0.25, 0.3) is 0 Å². The van der Waals surface area contributed by atoms with Gasteiger partial charge < -0.3 is 24.5 Å². The van der Waals surface area contributed by atoms with E-state index >= 15 is 0 Å². The SMILES string of the molecule is COCCCN1C(=S)NC(c2ccccn2)C1c1ccc(-c2ccccc2C(=O)O)o1. The number of hydrogen-bond acceptors (Lipinski definition) is 5. The van der Waals surface area contributed by atoms with Gasteiger partial charge in [0.2, 0.25) is 0 Å². The molecule has 1 saturated heterocycles. The van der Waals surface area contributed by atoms with Crippen LogP contribution in [0.5, 0.6) is 0 Å². The summed E-state index contributed by atoms with van der Waals surface area (Å²) in [5.74, 6) is 0.197. The number of nitrogens with one attached hydrogen (secondary N) is 1. The molecule has 0 saturated carbocycles. The number of carboxylic acid groups (broad SMARTS) is 1. The van der Waals surface area contributed by atoms with E-state index in [1.165, 1.54) is 0 Å². The molecule has 2 N–H and O–H groups in total. The largest absolute Gasteiger partial charge is 0.478 e. The van der Waals surface area contributed by atoms with Gasteiger partial charge in [0.1, 0.15) is 17.6 Å². The molecule has 160 valence electrons. The zero-order valence-electron chi connectivity index (χ0n) is 17.0. The van der Waals surface area contributed by atoms with Gasteiger partial charge in [-0.05, 0) is 49.0 Å². The molecule has 1 aliphatic heterocycles. The summed E-state index contributed by atoms with van der Waals surface area (Å²) in [7, 11) is 1.67. The number of furan rings is 1. The fourth-order valence-corrected chi connectivity index (χ4v) is 4.21. The van der Waals surface area contributed by atoms with Gasteiger partial charge in [-0.3, -0.25) is 4.98 Å². The first-order chi connectivity index (χ1) is 15.1. The molecule has 1 aliphatic rings. The molecule has 0 radical (unpaired) electrons. The number of rotatable bonds is 8. The van der Waals surface area contributed by atoms with Crippen molar-refractivity contribution in [2.75, 3.05) is 20.3 Å². The standard InChI is InChI=1S/C23H23N3O4S/c1-29-14-6-13-26-21(20(25-23(26)31)17-9-4-5-12-24-17)19-11-10-18(30-19)15-7-2-3-8-16(15)22(27)28/h2-5,7-12,20-21H,6,13-14H2,1H3,(H,25,31)(H,27,28). The van der Waals surface area contributed by atoms with E-state index in [0.717, 1.165) is 12.1 Å². The van der Waals surface area contributed by atoms with Crippen LogP contribution in [0.15, 0.2) is 65.2 Å². The molecule has 0 spiro atoms. The van der Waals surface area contributed by atoms with Gasteiger partial charge >= 0.3 is 5.97 Å². The molecule has 1 aromatic carbocycles. The normalized spacial score (nSPS) is 18.2. The van der Waals surface area contributed by atoms with Crippen molar-refractivity contribution in [1.82, 2.24) is 15.2 Å². The molecule has 0 bridgehead atoms. The summed E-state index contributed by atoms with van der Waals surface area (Å²) in [5, 5.41) is 13.5. The predicted octanol–water partition coefficient (Wildman–Crippen LogP) is 4.05. The third kappa shape index (κ3) is 4.30. The van der Waals surface area contributed by atoms with E-state index < -0.39 is 5.97 Å². The molecule has 1 fully saturated rings. The number of thiocarbonyl (C=S) groups is 1. The summed E-state index contributed by atoms with van der Waals surface area (Å²) in [6, 6.07) is 15.9. The Bertz CT molecular complexity index is 1070. The Balaban J connectivity index is 1.72.